The Hall–Kier alpha value is -1.61. The van der Waals surface area contributed by atoms with Gasteiger partial charge in [0.25, 0.3) is 0 Å². The minimum atomic E-state index is 0.364. The van der Waals surface area contributed by atoms with Gasteiger partial charge in [-0.1, -0.05) is 44.2 Å². The van der Waals surface area contributed by atoms with Crippen molar-refractivity contribution in [2.24, 2.45) is 0 Å². The Morgan fingerprint density at radius 3 is 2.37 bits per heavy atom. The summed E-state index contributed by atoms with van der Waals surface area (Å²) >= 11 is 0. The van der Waals surface area contributed by atoms with E-state index in [2.05, 4.69) is 67.1 Å². The van der Waals surface area contributed by atoms with Crippen LogP contribution in [0, 0.1) is 0 Å². The molecule has 0 aliphatic heterocycles. The van der Waals surface area contributed by atoms with E-state index in [-0.39, 0.29) is 0 Å². The van der Waals surface area contributed by atoms with Gasteiger partial charge >= 0.3 is 0 Å². The molecule has 0 aliphatic carbocycles. The van der Waals surface area contributed by atoms with Crippen LogP contribution in [0.4, 0.5) is 0 Å². The van der Waals surface area contributed by atoms with Crippen LogP contribution in [-0.2, 0) is 6.54 Å². The Balaban J connectivity index is 2.39. The normalized spacial score (nSPS) is 11.5. The van der Waals surface area contributed by atoms with Gasteiger partial charge < -0.3 is 5.32 Å². The van der Waals surface area contributed by atoms with Crippen molar-refractivity contribution in [2.45, 2.75) is 46.3 Å². The minimum Gasteiger partial charge on any atom is -0.310 e. The van der Waals surface area contributed by atoms with Gasteiger partial charge in [0.2, 0.25) is 0 Å². The van der Waals surface area contributed by atoms with Gasteiger partial charge in [0.1, 0.15) is 0 Å². The molecule has 1 heterocycles. The maximum absolute atomic E-state index is 4.55. The molecule has 0 amide bonds. The number of rotatable bonds is 5. The zero-order valence-corrected chi connectivity index (χ0v) is 12.2. The fourth-order valence-corrected chi connectivity index (χ4v) is 2.15. The quantitative estimate of drug-likeness (QED) is 0.886. The van der Waals surface area contributed by atoms with Gasteiger partial charge in [0, 0.05) is 29.8 Å². The first-order chi connectivity index (χ1) is 9.09. The fourth-order valence-electron chi connectivity index (χ4n) is 2.15. The number of hydrogen-bond donors (Lipinski definition) is 1. The summed E-state index contributed by atoms with van der Waals surface area (Å²) in [5, 5.41) is 8.02. The van der Waals surface area contributed by atoms with Gasteiger partial charge in [-0.25, -0.2) is 0 Å². The van der Waals surface area contributed by atoms with Crippen LogP contribution in [0.3, 0.4) is 0 Å². The van der Waals surface area contributed by atoms with Gasteiger partial charge in [0.15, 0.2) is 0 Å². The van der Waals surface area contributed by atoms with Gasteiger partial charge in [-0.15, -0.1) is 0 Å². The number of nitrogens with one attached hydrogen (secondary N) is 1. The monoisotopic (exact) mass is 257 g/mol. The molecule has 0 unspecified atom stereocenters. The van der Waals surface area contributed by atoms with E-state index in [0.29, 0.717) is 12.1 Å². The van der Waals surface area contributed by atoms with Crippen molar-refractivity contribution in [3.63, 3.8) is 0 Å². The number of hydrogen-bond acceptors (Lipinski definition) is 2. The smallest absolute Gasteiger partial charge is 0.0730 e. The molecule has 2 rings (SSSR count). The number of aromatic nitrogens is 2. The van der Waals surface area contributed by atoms with Crippen molar-refractivity contribution in [3.05, 3.63) is 42.1 Å². The molecule has 3 heteroatoms. The standard InChI is InChI=1S/C16H23N3/c1-12(2)17-10-15-11-18-19(13(3)4)16(15)14-8-6-5-7-9-14/h5-9,11-13,17H,10H2,1-4H3. The van der Waals surface area contributed by atoms with Gasteiger partial charge in [-0.3, -0.25) is 4.68 Å². The largest absolute Gasteiger partial charge is 0.310 e. The average Bonchev–Trinajstić information content (AvgIpc) is 2.81. The first kappa shape index (κ1) is 13.8. The SMILES string of the molecule is CC(C)NCc1cnn(C(C)C)c1-c1ccccc1. The Bertz CT molecular complexity index is 512. The highest BCUT2D eigenvalue weighted by atomic mass is 15.3. The van der Waals surface area contributed by atoms with Crippen LogP contribution in [0.2, 0.25) is 0 Å². The zero-order valence-electron chi connectivity index (χ0n) is 12.2. The fraction of sp³-hybridized carbons (Fsp3) is 0.438. The third kappa shape index (κ3) is 3.24. The van der Waals surface area contributed by atoms with E-state index in [9.17, 15) is 0 Å². The molecule has 0 aliphatic rings. The second-order valence-corrected chi connectivity index (χ2v) is 5.46. The highest BCUT2D eigenvalue weighted by Crippen LogP contribution is 2.26. The lowest BCUT2D eigenvalue weighted by Gasteiger charge is -2.14. The first-order valence-corrected chi connectivity index (χ1v) is 6.94. The Kier molecular flexibility index (Phi) is 4.38. The van der Waals surface area contributed by atoms with Gasteiger partial charge in [-0.05, 0) is 13.8 Å². The summed E-state index contributed by atoms with van der Waals surface area (Å²) in [5.41, 5.74) is 3.71. The van der Waals surface area contributed by atoms with E-state index in [4.69, 9.17) is 0 Å². The Labute approximate surface area is 115 Å². The molecule has 1 aromatic heterocycles. The molecule has 1 N–H and O–H groups in total. The molecule has 0 saturated heterocycles. The van der Waals surface area contributed by atoms with Crippen LogP contribution in [0.1, 0.15) is 39.3 Å². The molecule has 0 radical (unpaired) electrons. The molecule has 0 fully saturated rings. The van der Waals surface area contributed by atoms with E-state index in [1.807, 2.05) is 12.3 Å². The number of benzene rings is 1. The molecule has 0 saturated carbocycles. The summed E-state index contributed by atoms with van der Waals surface area (Å²) < 4.78 is 2.10. The summed E-state index contributed by atoms with van der Waals surface area (Å²) in [6.07, 6.45) is 1.98. The third-order valence-corrected chi connectivity index (χ3v) is 3.11. The average molecular weight is 257 g/mol. The zero-order chi connectivity index (χ0) is 13.8. The molecule has 2 aromatic rings. The van der Waals surface area contributed by atoms with Crippen LogP contribution in [-0.4, -0.2) is 15.8 Å². The van der Waals surface area contributed by atoms with Crippen LogP contribution in [0.5, 0.6) is 0 Å². The molecular formula is C16H23N3. The lowest BCUT2D eigenvalue weighted by molar-refractivity contribution is 0.537. The summed E-state index contributed by atoms with van der Waals surface area (Å²) in [5.74, 6) is 0. The second kappa shape index (κ2) is 6.02. The molecule has 102 valence electrons. The topological polar surface area (TPSA) is 29.9 Å². The molecule has 19 heavy (non-hydrogen) atoms. The van der Waals surface area contributed by atoms with Crippen LogP contribution < -0.4 is 5.32 Å². The Morgan fingerprint density at radius 1 is 1.11 bits per heavy atom. The van der Waals surface area contributed by atoms with Crippen LogP contribution >= 0.6 is 0 Å². The minimum absolute atomic E-state index is 0.364. The van der Waals surface area contributed by atoms with Gasteiger partial charge in [-0.2, -0.15) is 5.10 Å². The highest BCUT2D eigenvalue weighted by Gasteiger charge is 2.14. The molecule has 0 atom stereocenters. The van der Waals surface area contributed by atoms with E-state index >= 15 is 0 Å². The number of nitrogens with zero attached hydrogens (tertiary/aromatic N) is 2. The van der Waals surface area contributed by atoms with Crippen LogP contribution in [0.25, 0.3) is 11.3 Å². The molecule has 0 spiro atoms. The molecule has 1 aromatic carbocycles. The molecule has 3 nitrogen and oxygen atoms in total. The predicted molar refractivity (Wildman–Crippen MR) is 80.0 cm³/mol. The summed E-state index contributed by atoms with van der Waals surface area (Å²) in [7, 11) is 0. The van der Waals surface area contributed by atoms with Crippen molar-refractivity contribution in [2.75, 3.05) is 0 Å². The van der Waals surface area contributed by atoms with Gasteiger partial charge in [0.05, 0.1) is 11.9 Å². The lowest BCUT2D eigenvalue weighted by atomic mass is 10.1. The summed E-state index contributed by atoms with van der Waals surface area (Å²) in [6, 6.07) is 11.3. The molecular weight excluding hydrogens is 234 g/mol. The van der Waals surface area contributed by atoms with E-state index in [1.165, 1.54) is 16.8 Å². The Morgan fingerprint density at radius 2 is 1.79 bits per heavy atom. The van der Waals surface area contributed by atoms with Crippen molar-refractivity contribution in [3.8, 4) is 11.3 Å². The van der Waals surface area contributed by atoms with Crippen LogP contribution in [0.15, 0.2) is 36.5 Å². The van der Waals surface area contributed by atoms with Crippen molar-refractivity contribution in [1.29, 1.82) is 0 Å². The summed E-state index contributed by atoms with van der Waals surface area (Å²) in [6.45, 7) is 9.51. The second-order valence-electron chi connectivity index (χ2n) is 5.46. The predicted octanol–water partition coefficient (Wildman–Crippen LogP) is 3.63. The summed E-state index contributed by atoms with van der Waals surface area (Å²) in [4.78, 5) is 0. The lowest BCUT2D eigenvalue weighted by Crippen LogP contribution is -2.22. The van der Waals surface area contributed by atoms with E-state index < -0.39 is 0 Å². The maximum Gasteiger partial charge on any atom is 0.0730 e. The van der Waals surface area contributed by atoms with Crippen molar-refractivity contribution < 1.29 is 0 Å². The van der Waals surface area contributed by atoms with Crippen molar-refractivity contribution >= 4 is 0 Å². The van der Waals surface area contributed by atoms with Crippen molar-refractivity contribution in [1.82, 2.24) is 15.1 Å². The van der Waals surface area contributed by atoms with E-state index in [0.717, 1.165) is 6.54 Å². The maximum atomic E-state index is 4.55. The first-order valence-electron chi connectivity index (χ1n) is 6.94. The van der Waals surface area contributed by atoms with E-state index in [1.54, 1.807) is 0 Å². The third-order valence-electron chi connectivity index (χ3n) is 3.11. The molecule has 0 bridgehead atoms. The highest BCUT2D eigenvalue weighted by molar-refractivity contribution is 5.63.